The highest BCUT2D eigenvalue weighted by atomic mass is 16.5. The number of ketones is 1. The first-order valence-corrected chi connectivity index (χ1v) is 10.6. The maximum Gasteiger partial charge on any atom is 0.223 e. The van der Waals surface area contributed by atoms with E-state index in [2.05, 4.69) is 0 Å². The molecular weight excluding hydrogens is 402 g/mol. The van der Waals surface area contributed by atoms with Crippen LogP contribution in [0.25, 0.3) is 0 Å². The van der Waals surface area contributed by atoms with E-state index in [0.717, 1.165) is 28.2 Å². The lowest BCUT2D eigenvalue weighted by atomic mass is 10.0. The summed E-state index contributed by atoms with van der Waals surface area (Å²) in [4.78, 5) is 27.4. The first-order chi connectivity index (χ1) is 15.5. The summed E-state index contributed by atoms with van der Waals surface area (Å²) in [6.07, 6.45) is 0.350. The number of ether oxygens (including phenoxy) is 2. The Morgan fingerprint density at radius 3 is 1.59 bits per heavy atom. The standard InChI is InChI=1S/C27H29NO4/c1-20-4-10-23(11-5-20)26(29)16-17-27(30)28(18-21-6-12-24(31-2)13-7-21)19-22-8-14-25(32-3)15-9-22/h4-15H,16-19H2,1-3H3. The quantitative estimate of drug-likeness (QED) is 0.414. The molecule has 3 aromatic rings. The molecule has 3 aromatic carbocycles. The summed E-state index contributed by atoms with van der Waals surface area (Å²) < 4.78 is 10.4. The molecule has 32 heavy (non-hydrogen) atoms. The molecule has 0 heterocycles. The van der Waals surface area contributed by atoms with E-state index < -0.39 is 0 Å². The van der Waals surface area contributed by atoms with Crippen molar-refractivity contribution in [2.24, 2.45) is 0 Å². The summed E-state index contributed by atoms with van der Waals surface area (Å²) in [6.45, 7) is 2.88. The molecule has 166 valence electrons. The Kier molecular flexibility index (Phi) is 8.03. The van der Waals surface area contributed by atoms with Gasteiger partial charge in [-0.3, -0.25) is 9.59 Å². The highest BCUT2D eigenvalue weighted by Gasteiger charge is 2.17. The highest BCUT2D eigenvalue weighted by molar-refractivity contribution is 5.98. The maximum absolute atomic E-state index is 13.1. The van der Waals surface area contributed by atoms with Gasteiger partial charge >= 0.3 is 0 Å². The van der Waals surface area contributed by atoms with Crippen molar-refractivity contribution in [2.75, 3.05) is 14.2 Å². The Morgan fingerprint density at radius 1 is 0.688 bits per heavy atom. The maximum atomic E-state index is 13.1. The molecule has 0 fully saturated rings. The lowest BCUT2D eigenvalue weighted by Crippen LogP contribution is -2.30. The number of carbonyl (C=O) groups excluding carboxylic acids is 2. The number of nitrogens with zero attached hydrogens (tertiary/aromatic N) is 1. The van der Waals surface area contributed by atoms with Gasteiger partial charge < -0.3 is 14.4 Å². The van der Waals surface area contributed by atoms with Crippen molar-refractivity contribution in [3.8, 4) is 11.5 Å². The fraction of sp³-hybridized carbons (Fsp3) is 0.259. The molecule has 0 saturated carbocycles. The molecule has 0 saturated heterocycles. The molecule has 0 aliphatic carbocycles. The first-order valence-electron chi connectivity index (χ1n) is 10.6. The number of carbonyl (C=O) groups is 2. The van der Waals surface area contributed by atoms with Crippen LogP contribution in [0.15, 0.2) is 72.8 Å². The predicted molar refractivity (Wildman–Crippen MR) is 125 cm³/mol. The lowest BCUT2D eigenvalue weighted by Gasteiger charge is -2.23. The Morgan fingerprint density at radius 2 is 1.16 bits per heavy atom. The number of benzene rings is 3. The van der Waals surface area contributed by atoms with Gasteiger partial charge in [0.25, 0.3) is 0 Å². The van der Waals surface area contributed by atoms with E-state index >= 15 is 0 Å². The van der Waals surface area contributed by atoms with Crippen molar-refractivity contribution in [1.82, 2.24) is 4.90 Å². The number of rotatable bonds is 10. The van der Waals surface area contributed by atoms with Crippen LogP contribution >= 0.6 is 0 Å². The van der Waals surface area contributed by atoms with Crippen LogP contribution in [-0.4, -0.2) is 30.8 Å². The van der Waals surface area contributed by atoms with Crippen molar-refractivity contribution < 1.29 is 19.1 Å². The molecule has 5 nitrogen and oxygen atoms in total. The van der Waals surface area contributed by atoms with E-state index in [-0.39, 0.29) is 24.5 Å². The Labute approximate surface area is 189 Å². The van der Waals surface area contributed by atoms with Crippen LogP contribution in [-0.2, 0) is 17.9 Å². The van der Waals surface area contributed by atoms with E-state index in [4.69, 9.17) is 9.47 Å². The number of aryl methyl sites for hydroxylation is 1. The molecule has 0 unspecified atom stereocenters. The van der Waals surface area contributed by atoms with Gasteiger partial charge in [-0.25, -0.2) is 0 Å². The van der Waals surface area contributed by atoms with E-state index in [1.165, 1.54) is 0 Å². The summed E-state index contributed by atoms with van der Waals surface area (Å²) in [5.41, 5.74) is 3.73. The van der Waals surface area contributed by atoms with Crippen LogP contribution in [0.3, 0.4) is 0 Å². The molecule has 0 radical (unpaired) electrons. The number of hydrogen-bond acceptors (Lipinski definition) is 4. The molecule has 0 spiro atoms. The minimum atomic E-state index is -0.0582. The van der Waals surface area contributed by atoms with Crippen LogP contribution < -0.4 is 9.47 Å². The van der Waals surface area contributed by atoms with Crippen LogP contribution in [0.5, 0.6) is 11.5 Å². The number of hydrogen-bond donors (Lipinski definition) is 0. The molecule has 0 bridgehead atoms. The Hall–Kier alpha value is -3.60. The zero-order valence-electron chi connectivity index (χ0n) is 18.8. The second-order valence-corrected chi connectivity index (χ2v) is 7.74. The summed E-state index contributed by atoms with van der Waals surface area (Å²) in [5.74, 6) is 1.46. The molecule has 0 atom stereocenters. The summed E-state index contributed by atoms with van der Waals surface area (Å²) in [5, 5.41) is 0. The fourth-order valence-corrected chi connectivity index (χ4v) is 3.40. The van der Waals surface area contributed by atoms with Crippen molar-refractivity contribution in [3.05, 3.63) is 95.1 Å². The van der Waals surface area contributed by atoms with Gasteiger partial charge in [0.2, 0.25) is 5.91 Å². The van der Waals surface area contributed by atoms with E-state index in [1.807, 2.05) is 79.7 Å². The molecule has 0 aliphatic rings. The van der Waals surface area contributed by atoms with Gasteiger partial charge in [0.05, 0.1) is 14.2 Å². The third-order valence-corrected chi connectivity index (χ3v) is 5.36. The van der Waals surface area contributed by atoms with Gasteiger partial charge in [0.1, 0.15) is 11.5 Å². The monoisotopic (exact) mass is 431 g/mol. The summed E-state index contributed by atoms with van der Waals surface area (Å²) >= 11 is 0. The molecule has 3 rings (SSSR count). The fourth-order valence-electron chi connectivity index (χ4n) is 3.40. The van der Waals surface area contributed by atoms with E-state index in [1.54, 1.807) is 19.1 Å². The SMILES string of the molecule is COc1ccc(CN(Cc2ccc(OC)cc2)C(=O)CCC(=O)c2ccc(C)cc2)cc1. The van der Waals surface area contributed by atoms with Crippen molar-refractivity contribution in [2.45, 2.75) is 32.9 Å². The smallest absolute Gasteiger partial charge is 0.223 e. The average Bonchev–Trinajstić information content (AvgIpc) is 2.83. The Balaban J connectivity index is 1.70. The third kappa shape index (κ3) is 6.45. The van der Waals surface area contributed by atoms with Crippen molar-refractivity contribution >= 4 is 11.7 Å². The summed E-state index contributed by atoms with van der Waals surface area (Å²) in [6, 6.07) is 22.8. The van der Waals surface area contributed by atoms with Gasteiger partial charge in [0.15, 0.2) is 5.78 Å². The number of Topliss-reactive ketones (excluding diaryl/α,β-unsaturated/α-hetero) is 1. The van der Waals surface area contributed by atoms with Gasteiger partial charge in [-0.1, -0.05) is 54.1 Å². The zero-order valence-corrected chi connectivity index (χ0v) is 18.8. The molecule has 0 aliphatic heterocycles. The lowest BCUT2D eigenvalue weighted by molar-refractivity contribution is -0.132. The number of methoxy groups -OCH3 is 2. The highest BCUT2D eigenvalue weighted by Crippen LogP contribution is 2.18. The third-order valence-electron chi connectivity index (χ3n) is 5.36. The van der Waals surface area contributed by atoms with Crippen LogP contribution in [0.2, 0.25) is 0 Å². The summed E-state index contributed by atoms with van der Waals surface area (Å²) in [7, 11) is 3.25. The normalized spacial score (nSPS) is 10.5. The average molecular weight is 432 g/mol. The minimum Gasteiger partial charge on any atom is -0.497 e. The Bertz CT molecular complexity index is 975. The molecule has 0 aromatic heterocycles. The van der Waals surface area contributed by atoms with Crippen LogP contribution in [0, 0.1) is 6.92 Å². The molecular formula is C27H29NO4. The minimum absolute atomic E-state index is 0.0211. The molecule has 0 N–H and O–H groups in total. The van der Waals surface area contributed by atoms with Gasteiger partial charge in [-0.2, -0.15) is 0 Å². The topological polar surface area (TPSA) is 55.8 Å². The first kappa shape index (κ1) is 23.1. The zero-order chi connectivity index (χ0) is 22.9. The predicted octanol–water partition coefficient (Wildman–Crippen LogP) is 5.20. The van der Waals surface area contributed by atoms with Crippen molar-refractivity contribution in [1.29, 1.82) is 0 Å². The van der Waals surface area contributed by atoms with E-state index in [0.29, 0.717) is 18.7 Å². The van der Waals surface area contributed by atoms with Gasteiger partial charge in [-0.15, -0.1) is 0 Å². The van der Waals surface area contributed by atoms with Crippen molar-refractivity contribution in [3.63, 3.8) is 0 Å². The molecule has 1 amide bonds. The largest absolute Gasteiger partial charge is 0.497 e. The number of amides is 1. The van der Waals surface area contributed by atoms with Crippen LogP contribution in [0.1, 0.15) is 39.9 Å². The van der Waals surface area contributed by atoms with Crippen LogP contribution in [0.4, 0.5) is 0 Å². The second-order valence-electron chi connectivity index (χ2n) is 7.74. The molecule has 5 heteroatoms. The van der Waals surface area contributed by atoms with Gasteiger partial charge in [0, 0.05) is 31.5 Å². The van der Waals surface area contributed by atoms with Gasteiger partial charge in [-0.05, 0) is 42.3 Å². The van der Waals surface area contributed by atoms with E-state index in [9.17, 15) is 9.59 Å². The second kappa shape index (κ2) is 11.1.